The van der Waals surface area contributed by atoms with Gasteiger partial charge < -0.3 is 19.7 Å². The first-order valence-electron chi connectivity index (χ1n) is 10.5. The number of likely N-dealkylation sites (tertiary alicyclic amines) is 1. The van der Waals surface area contributed by atoms with Gasteiger partial charge in [0.2, 0.25) is 0 Å². The van der Waals surface area contributed by atoms with Crippen LogP contribution in [0.3, 0.4) is 0 Å². The number of piperidine rings is 1. The zero-order valence-corrected chi connectivity index (χ0v) is 18.8. The van der Waals surface area contributed by atoms with Crippen molar-refractivity contribution in [3.05, 3.63) is 53.1 Å². The molecule has 160 valence electrons. The standard InChI is InChI=1S/C24H30N2O3S/c1-4-28-22-15-19(24(30)26-10-6-5-7-11-26)8-9-21(22)29-16-23(27)25-20-13-17(2)12-18(3)14-20/h8-9,12-15H,4-7,10-11,16H2,1-3H3,(H,25,27). The molecule has 1 aliphatic heterocycles. The van der Waals surface area contributed by atoms with Crippen LogP contribution in [0, 0.1) is 13.8 Å². The Labute approximate surface area is 184 Å². The molecule has 0 aromatic heterocycles. The molecule has 1 fully saturated rings. The normalized spacial score (nSPS) is 13.6. The highest BCUT2D eigenvalue weighted by molar-refractivity contribution is 7.80. The Morgan fingerprint density at radius 3 is 2.37 bits per heavy atom. The summed E-state index contributed by atoms with van der Waals surface area (Å²) in [6.45, 7) is 8.34. The minimum Gasteiger partial charge on any atom is -0.490 e. The van der Waals surface area contributed by atoms with E-state index in [4.69, 9.17) is 21.7 Å². The summed E-state index contributed by atoms with van der Waals surface area (Å²) < 4.78 is 11.5. The fourth-order valence-electron chi connectivity index (χ4n) is 3.70. The molecule has 0 spiro atoms. The molecule has 0 radical (unpaired) electrons. The lowest BCUT2D eigenvalue weighted by Crippen LogP contribution is -2.34. The van der Waals surface area contributed by atoms with E-state index in [0.717, 1.165) is 40.5 Å². The molecule has 0 saturated carbocycles. The molecule has 0 bridgehead atoms. The molecule has 6 heteroatoms. The van der Waals surface area contributed by atoms with E-state index >= 15 is 0 Å². The first-order chi connectivity index (χ1) is 14.5. The summed E-state index contributed by atoms with van der Waals surface area (Å²) in [7, 11) is 0. The van der Waals surface area contributed by atoms with Crippen molar-refractivity contribution >= 4 is 28.8 Å². The van der Waals surface area contributed by atoms with Crippen LogP contribution in [0.5, 0.6) is 11.5 Å². The number of thiocarbonyl (C=S) groups is 1. The van der Waals surface area contributed by atoms with Crippen LogP contribution in [0.25, 0.3) is 0 Å². The van der Waals surface area contributed by atoms with Crippen molar-refractivity contribution in [1.29, 1.82) is 0 Å². The third-order valence-electron chi connectivity index (χ3n) is 5.00. The second kappa shape index (κ2) is 10.4. The van der Waals surface area contributed by atoms with E-state index in [1.54, 1.807) is 0 Å². The van der Waals surface area contributed by atoms with E-state index in [0.29, 0.717) is 18.1 Å². The van der Waals surface area contributed by atoms with E-state index in [1.807, 2.05) is 51.1 Å². The van der Waals surface area contributed by atoms with Gasteiger partial charge in [-0.3, -0.25) is 4.79 Å². The molecule has 2 aromatic carbocycles. The predicted octanol–water partition coefficient (Wildman–Crippen LogP) is 4.88. The molecule has 1 aliphatic rings. The molecule has 2 aromatic rings. The van der Waals surface area contributed by atoms with Crippen molar-refractivity contribution in [2.75, 3.05) is 31.6 Å². The Hall–Kier alpha value is -2.60. The number of rotatable bonds is 7. The number of nitrogens with zero attached hydrogens (tertiary/aromatic N) is 1. The molecule has 30 heavy (non-hydrogen) atoms. The number of benzene rings is 2. The van der Waals surface area contributed by atoms with Gasteiger partial charge in [-0.1, -0.05) is 18.3 Å². The summed E-state index contributed by atoms with van der Waals surface area (Å²) in [5.41, 5.74) is 3.92. The summed E-state index contributed by atoms with van der Waals surface area (Å²) >= 11 is 5.69. The Bertz CT molecular complexity index is 887. The molecular weight excluding hydrogens is 396 g/mol. The number of amides is 1. The maximum atomic E-state index is 12.4. The van der Waals surface area contributed by atoms with Crippen molar-refractivity contribution in [3.8, 4) is 11.5 Å². The van der Waals surface area contributed by atoms with Crippen LogP contribution in [-0.2, 0) is 4.79 Å². The van der Waals surface area contributed by atoms with Crippen LogP contribution >= 0.6 is 12.2 Å². The monoisotopic (exact) mass is 426 g/mol. The van der Waals surface area contributed by atoms with E-state index in [9.17, 15) is 4.79 Å². The predicted molar refractivity (Wildman–Crippen MR) is 125 cm³/mol. The SMILES string of the molecule is CCOc1cc(C(=S)N2CCCCC2)ccc1OCC(=O)Nc1cc(C)cc(C)c1. The minimum atomic E-state index is -0.213. The highest BCUT2D eigenvalue weighted by atomic mass is 32.1. The number of hydrogen-bond acceptors (Lipinski definition) is 4. The third kappa shape index (κ3) is 5.95. The van der Waals surface area contributed by atoms with E-state index < -0.39 is 0 Å². The molecule has 1 amide bonds. The molecule has 1 N–H and O–H groups in total. The molecule has 0 unspecified atom stereocenters. The number of aryl methyl sites for hydroxylation is 2. The maximum absolute atomic E-state index is 12.4. The fraction of sp³-hybridized carbons (Fsp3) is 0.417. The highest BCUT2D eigenvalue weighted by Crippen LogP contribution is 2.30. The summed E-state index contributed by atoms with van der Waals surface area (Å²) in [5, 5.41) is 2.89. The first-order valence-corrected chi connectivity index (χ1v) is 10.9. The lowest BCUT2D eigenvalue weighted by Gasteiger charge is -2.29. The van der Waals surface area contributed by atoms with Gasteiger partial charge in [0.15, 0.2) is 18.1 Å². The van der Waals surface area contributed by atoms with Gasteiger partial charge in [-0.2, -0.15) is 0 Å². The number of carbonyl (C=O) groups excluding carboxylic acids is 1. The van der Waals surface area contributed by atoms with Crippen molar-refractivity contribution in [2.24, 2.45) is 0 Å². The number of carbonyl (C=O) groups is 1. The van der Waals surface area contributed by atoms with Crippen molar-refractivity contribution < 1.29 is 14.3 Å². The number of anilines is 1. The minimum absolute atomic E-state index is 0.0943. The second-order valence-electron chi connectivity index (χ2n) is 7.66. The molecule has 0 aliphatic carbocycles. The maximum Gasteiger partial charge on any atom is 0.262 e. The molecule has 0 atom stereocenters. The van der Waals surface area contributed by atoms with Gasteiger partial charge in [0.05, 0.1) is 6.61 Å². The average molecular weight is 427 g/mol. The summed E-state index contributed by atoms with van der Waals surface area (Å²) in [6.07, 6.45) is 3.62. The quantitative estimate of drug-likeness (QED) is 0.640. The highest BCUT2D eigenvalue weighted by Gasteiger charge is 2.17. The second-order valence-corrected chi connectivity index (χ2v) is 8.05. The van der Waals surface area contributed by atoms with E-state index in [-0.39, 0.29) is 12.5 Å². The molecule has 1 heterocycles. The van der Waals surface area contributed by atoms with Crippen molar-refractivity contribution in [3.63, 3.8) is 0 Å². The first kappa shape index (κ1) is 22.1. The van der Waals surface area contributed by atoms with Gasteiger partial charge in [0.25, 0.3) is 5.91 Å². The van der Waals surface area contributed by atoms with Gasteiger partial charge in [0, 0.05) is 24.3 Å². The fourth-order valence-corrected chi connectivity index (χ4v) is 4.00. The molecule has 3 rings (SSSR count). The Morgan fingerprint density at radius 1 is 1.00 bits per heavy atom. The van der Waals surface area contributed by atoms with Crippen LogP contribution in [0.15, 0.2) is 36.4 Å². The van der Waals surface area contributed by atoms with Gasteiger partial charge in [-0.05, 0) is 81.5 Å². The van der Waals surface area contributed by atoms with Crippen LogP contribution < -0.4 is 14.8 Å². The molecule has 1 saturated heterocycles. The van der Waals surface area contributed by atoms with Crippen LogP contribution in [0.1, 0.15) is 42.9 Å². The summed E-state index contributed by atoms with van der Waals surface area (Å²) in [4.78, 5) is 15.4. The van der Waals surface area contributed by atoms with Crippen LogP contribution in [0.2, 0.25) is 0 Å². The number of hydrogen-bond donors (Lipinski definition) is 1. The van der Waals surface area contributed by atoms with Crippen molar-refractivity contribution in [1.82, 2.24) is 4.90 Å². The average Bonchev–Trinajstić information content (AvgIpc) is 2.72. The third-order valence-corrected chi connectivity index (χ3v) is 5.49. The van der Waals surface area contributed by atoms with Gasteiger partial charge in [0.1, 0.15) is 4.99 Å². The summed E-state index contributed by atoms with van der Waals surface area (Å²) in [5.74, 6) is 0.932. The largest absolute Gasteiger partial charge is 0.490 e. The van der Waals surface area contributed by atoms with Gasteiger partial charge in [-0.25, -0.2) is 0 Å². The Morgan fingerprint density at radius 2 is 1.70 bits per heavy atom. The van der Waals surface area contributed by atoms with E-state index in [1.165, 1.54) is 19.3 Å². The number of nitrogens with one attached hydrogen (secondary N) is 1. The van der Waals surface area contributed by atoms with Gasteiger partial charge in [-0.15, -0.1) is 0 Å². The van der Waals surface area contributed by atoms with Crippen LogP contribution in [-0.4, -0.2) is 42.1 Å². The van der Waals surface area contributed by atoms with Crippen LogP contribution in [0.4, 0.5) is 5.69 Å². The van der Waals surface area contributed by atoms with E-state index in [2.05, 4.69) is 16.3 Å². The summed E-state index contributed by atoms with van der Waals surface area (Å²) in [6, 6.07) is 11.6. The lowest BCUT2D eigenvalue weighted by molar-refractivity contribution is -0.118. The lowest BCUT2D eigenvalue weighted by atomic mass is 10.1. The van der Waals surface area contributed by atoms with Crippen molar-refractivity contribution in [2.45, 2.75) is 40.0 Å². The zero-order valence-electron chi connectivity index (χ0n) is 18.0. The number of ether oxygens (including phenoxy) is 2. The smallest absolute Gasteiger partial charge is 0.262 e. The molecular formula is C24H30N2O3S. The Balaban J connectivity index is 1.65. The molecule has 5 nitrogen and oxygen atoms in total. The topological polar surface area (TPSA) is 50.8 Å². The van der Waals surface area contributed by atoms with Gasteiger partial charge >= 0.3 is 0 Å². The Kier molecular flexibility index (Phi) is 7.69. The zero-order chi connectivity index (χ0) is 21.5.